The third-order valence-electron chi connectivity index (χ3n) is 3.79. The van der Waals surface area contributed by atoms with Gasteiger partial charge in [-0.05, 0) is 36.5 Å². The van der Waals surface area contributed by atoms with Crippen molar-refractivity contribution in [1.82, 2.24) is 0 Å². The molecule has 1 aromatic heterocycles. The molecule has 20 heavy (non-hydrogen) atoms. The van der Waals surface area contributed by atoms with Gasteiger partial charge in [0.05, 0.1) is 0 Å². The maximum absolute atomic E-state index is 13.9. The van der Waals surface area contributed by atoms with Gasteiger partial charge in [-0.3, -0.25) is 0 Å². The molecule has 2 aromatic rings. The summed E-state index contributed by atoms with van der Waals surface area (Å²) in [5, 5.41) is 0. The number of pyridine rings is 1. The van der Waals surface area contributed by atoms with Crippen LogP contribution in [0.25, 0.3) is 11.3 Å². The number of nitrogens with zero attached hydrogens (tertiary/aromatic N) is 1. The highest BCUT2D eigenvalue weighted by Crippen LogP contribution is 2.29. The molecule has 0 aliphatic heterocycles. The number of aryl methyl sites for hydroxylation is 3. The Morgan fingerprint density at radius 3 is 2.25 bits per heavy atom. The summed E-state index contributed by atoms with van der Waals surface area (Å²) in [5.41, 5.74) is 5.19. The van der Waals surface area contributed by atoms with Gasteiger partial charge in [0.15, 0.2) is 6.20 Å². The lowest BCUT2D eigenvalue weighted by Crippen LogP contribution is -2.32. The molecule has 0 aliphatic rings. The normalized spacial score (nSPS) is 11.8. The van der Waals surface area contributed by atoms with Crippen molar-refractivity contribution in [3.63, 3.8) is 0 Å². The Kier molecular flexibility index (Phi) is 3.68. The molecule has 0 saturated carbocycles. The first kappa shape index (κ1) is 14.7. The van der Waals surface area contributed by atoms with Crippen molar-refractivity contribution in [3.05, 3.63) is 53.0 Å². The van der Waals surface area contributed by atoms with Crippen LogP contribution >= 0.6 is 0 Å². The second-order valence-corrected chi connectivity index (χ2v) is 6.58. The Labute approximate surface area is 121 Å². The molecular weight excluding hydrogens is 249 g/mol. The van der Waals surface area contributed by atoms with Crippen LogP contribution < -0.4 is 4.57 Å². The van der Waals surface area contributed by atoms with E-state index in [0.717, 1.165) is 16.8 Å². The average Bonchev–Trinajstić information content (AvgIpc) is 2.33. The smallest absolute Gasteiger partial charge is 0.206 e. The molecule has 0 bridgehead atoms. The van der Waals surface area contributed by atoms with E-state index < -0.39 is 0 Å². The minimum absolute atomic E-state index is 0.0876. The molecule has 0 unspecified atom stereocenters. The van der Waals surface area contributed by atoms with Crippen LogP contribution in [-0.2, 0) is 12.5 Å². The van der Waals surface area contributed by atoms with E-state index in [-0.39, 0.29) is 11.2 Å². The van der Waals surface area contributed by atoms with Crippen molar-refractivity contribution in [3.8, 4) is 11.3 Å². The van der Waals surface area contributed by atoms with Crippen molar-refractivity contribution in [2.24, 2.45) is 7.05 Å². The lowest BCUT2D eigenvalue weighted by molar-refractivity contribution is -0.661. The molecule has 0 amide bonds. The second kappa shape index (κ2) is 5.01. The van der Waals surface area contributed by atoms with Crippen LogP contribution in [0.15, 0.2) is 30.5 Å². The molecule has 1 heterocycles. The third kappa shape index (κ3) is 2.74. The van der Waals surface area contributed by atoms with Crippen molar-refractivity contribution in [1.29, 1.82) is 0 Å². The quantitative estimate of drug-likeness (QED) is 0.684. The largest absolute Gasteiger partial charge is 0.215 e. The van der Waals surface area contributed by atoms with Crippen molar-refractivity contribution in [2.45, 2.75) is 40.0 Å². The molecule has 0 aliphatic carbocycles. The summed E-state index contributed by atoms with van der Waals surface area (Å²) in [6.45, 7) is 10.4. The Bertz CT molecular complexity index is 651. The lowest BCUT2D eigenvalue weighted by atomic mass is 9.85. The minimum Gasteiger partial charge on any atom is -0.206 e. The Balaban J connectivity index is 2.66. The summed E-state index contributed by atoms with van der Waals surface area (Å²) < 4.78 is 15.9. The fourth-order valence-electron chi connectivity index (χ4n) is 2.39. The molecule has 106 valence electrons. The van der Waals surface area contributed by atoms with E-state index in [2.05, 4.69) is 45.9 Å². The summed E-state index contributed by atoms with van der Waals surface area (Å²) in [6, 6.07) is 8.08. The summed E-state index contributed by atoms with van der Waals surface area (Å²) in [4.78, 5) is 0. The molecule has 0 fully saturated rings. The highest BCUT2D eigenvalue weighted by molar-refractivity contribution is 5.62. The zero-order chi connectivity index (χ0) is 15.1. The van der Waals surface area contributed by atoms with Gasteiger partial charge in [0.1, 0.15) is 12.9 Å². The van der Waals surface area contributed by atoms with Gasteiger partial charge in [0.2, 0.25) is 5.69 Å². The van der Waals surface area contributed by atoms with Crippen LogP contribution in [0.5, 0.6) is 0 Å². The monoisotopic (exact) mass is 272 g/mol. The summed E-state index contributed by atoms with van der Waals surface area (Å²) in [6.07, 6.45) is 1.84. The van der Waals surface area contributed by atoms with Gasteiger partial charge >= 0.3 is 0 Å². The first-order valence-corrected chi connectivity index (χ1v) is 6.97. The lowest BCUT2D eigenvalue weighted by Gasteiger charge is -2.20. The molecule has 0 saturated heterocycles. The second-order valence-electron chi connectivity index (χ2n) is 6.58. The number of halogens is 1. The fraction of sp³-hybridized carbons (Fsp3) is 0.389. The zero-order valence-corrected chi connectivity index (χ0v) is 13.2. The van der Waals surface area contributed by atoms with Crippen LogP contribution in [0.4, 0.5) is 4.39 Å². The van der Waals surface area contributed by atoms with E-state index in [1.807, 2.05) is 17.8 Å². The van der Waals surface area contributed by atoms with Gasteiger partial charge in [-0.1, -0.05) is 32.9 Å². The van der Waals surface area contributed by atoms with Gasteiger partial charge in [0, 0.05) is 17.2 Å². The van der Waals surface area contributed by atoms with Crippen LogP contribution in [-0.4, -0.2) is 0 Å². The number of benzene rings is 1. The highest BCUT2D eigenvalue weighted by atomic mass is 19.1. The van der Waals surface area contributed by atoms with Crippen molar-refractivity contribution in [2.75, 3.05) is 0 Å². The topological polar surface area (TPSA) is 3.88 Å². The Morgan fingerprint density at radius 2 is 1.65 bits per heavy atom. The first-order valence-electron chi connectivity index (χ1n) is 6.97. The van der Waals surface area contributed by atoms with E-state index in [4.69, 9.17) is 0 Å². The minimum atomic E-state index is -0.154. The predicted octanol–water partition coefficient (Wildman–Crippen LogP) is 4.23. The van der Waals surface area contributed by atoms with Gasteiger partial charge < -0.3 is 0 Å². The van der Waals surface area contributed by atoms with Crippen molar-refractivity contribution >= 4 is 0 Å². The maximum Gasteiger partial charge on any atom is 0.215 e. The molecular formula is C18H23FN+. The van der Waals surface area contributed by atoms with Crippen LogP contribution in [0.3, 0.4) is 0 Å². The van der Waals surface area contributed by atoms with Gasteiger partial charge in [-0.2, -0.15) is 0 Å². The number of hydrogen-bond donors (Lipinski definition) is 0. The van der Waals surface area contributed by atoms with Crippen molar-refractivity contribution < 1.29 is 8.96 Å². The van der Waals surface area contributed by atoms with Gasteiger partial charge in [-0.25, -0.2) is 8.96 Å². The van der Waals surface area contributed by atoms with E-state index in [1.54, 1.807) is 13.0 Å². The number of hydrogen-bond acceptors (Lipinski definition) is 0. The van der Waals surface area contributed by atoms with Crippen LogP contribution in [0, 0.1) is 19.7 Å². The van der Waals surface area contributed by atoms with E-state index in [0.29, 0.717) is 5.56 Å². The van der Waals surface area contributed by atoms with Gasteiger partial charge in [0.25, 0.3) is 0 Å². The molecule has 1 aromatic carbocycles. The number of aromatic nitrogens is 1. The summed E-state index contributed by atoms with van der Waals surface area (Å²) in [5.74, 6) is -0.154. The Hall–Kier alpha value is -1.70. The maximum atomic E-state index is 13.9. The fourth-order valence-corrected chi connectivity index (χ4v) is 2.39. The van der Waals surface area contributed by atoms with Crippen LogP contribution in [0.2, 0.25) is 0 Å². The SMILES string of the molecule is Cc1c[n+](C)c(-c2cc(C(C)(C)C)ccc2C)cc1F. The highest BCUT2D eigenvalue weighted by Gasteiger charge is 2.20. The molecule has 0 radical (unpaired) electrons. The van der Waals surface area contributed by atoms with Crippen LogP contribution in [0.1, 0.15) is 37.5 Å². The molecule has 2 heteroatoms. The Morgan fingerprint density at radius 1 is 1.00 bits per heavy atom. The zero-order valence-electron chi connectivity index (χ0n) is 13.2. The molecule has 1 nitrogen and oxygen atoms in total. The summed E-state index contributed by atoms with van der Waals surface area (Å²) in [7, 11) is 1.96. The van der Waals surface area contributed by atoms with E-state index in [1.165, 1.54) is 5.56 Å². The molecule has 2 rings (SSSR count). The summed E-state index contributed by atoms with van der Waals surface area (Å²) >= 11 is 0. The average molecular weight is 272 g/mol. The standard InChI is InChI=1S/C18H23FN/c1-12-7-8-14(18(3,4)5)9-15(12)17-10-16(19)13(2)11-20(17)6/h7-11H,1-6H3/q+1. The first-order chi connectivity index (χ1) is 9.20. The van der Waals surface area contributed by atoms with Gasteiger partial charge in [-0.15, -0.1) is 0 Å². The van der Waals surface area contributed by atoms with E-state index in [9.17, 15) is 4.39 Å². The molecule has 0 N–H and O–H groups in total. The molecule has 0 spiro atoms. The predicted molar refractivity (Wildman–Crippen MR) is 81.2 cm³/mol. The number of rotatable bonds is 1. The third-order valence-corrected chi connectivity index (χ3v) is 3.79. The van der Waals surface area contributed by atoms with E-state index >= 15 is 0 Å². The molecule has 0 atom stereocenters.